The normalized spacial score (nSPS) is 14.4. The number of nitrogens with one attached hydrogen (secondary N) is 1. The van der Waals surface area contributed by atoms with Gasteiger partial charge in [0.25, 0.3) is 11.8 Å². The minimum Gasteiger partial charge on any atom is -0.379 e. The van der Waals surface area contributed by atoms with E-state index in [9.17, 15) is 14.4 Å². The van der Waals surface area contributed by atoms with E-state index in [0.717, 1.165) is 49.7 Å². The van der Waals surface area contributed by atoms with E-state index in [-0.39, 0.29) is 12.0 Å². The average molecular weight is 539 g/mol. The SMILES string of the molecule is NC(=O)C(=O)C(Cc1ccccc1)NC(=O)c1cccnc1-n1ccc(-c2cccc(CN3CCOCC3)c2)n1. The molecule has 1 aliphatic rings. The predicted molar refractivity (Wildman–Crippen MR) is 148 cm³/mol. The van der Waals surface area contributed by atoms with Gasteiger partial charge < -0.3 is 15.8 Å². The zero-order valence-electron chi connectivity index (χ0n) is 21.9. The molecule has 0 bridgehead atoms. The fourth-order valence-corrected chi connectivity index (χ4v) is 4.67. The quantitative estimate of drug-likeness (QED) is 0.296. The van der Waals surface area contributed by atoms with Gasteiger partial charge in [-0.15, -0.1) is 0 Å². The molecule has 0 saturated carbocycles. The molecule has 5 rings (SSSR count). The smallest absolute Gasteiger partial charge is 0.287 e. The maximum Gasteiger partial charge on any atom is 0.287 e. The van der Waals surface area contributed by atoms with Crippen molar-refractivity contribution in [3.05, 3.63) is 102 Å². The van der Waals surface area contributed by atoms with E-state index in [0.29, 0.717) is 5.82 Å². The Morgan fingerprint density at radius 2 is 1.73 bits per heavy atom. The number of ether oxygens (including phenoxy) is 1. The van der Waals surface area contributed by atoms with E-state index in [1.54, 1.807) is 24.5 Å². The van der Waals surface area contributed by atoms with Crippen LogP contribution < -0.4 is 11.1 Å². The standard InChI is InChI=1S/C30H30N6O4/c31-28(38)27(37)26(19-21-6-2-1-3-7-21)33-30(39)24-10-5-12-32-29(24)36-13-11-25(34-36)23-9-4-8-22(18-23)20-35-14-16-40-17-15-35/h1-13,18,26H,14-17,19-20H2,(H2,31,38)(H,33,39). The number of Topliss-reactive ketones (excluding diaryl/α,β-unsaturated/α-hetero) is 1. The number of hydrogen-bond acceptors (Lipinski definition) is 7. The molecule has 2 aromatic heterocycles. The molecular weight excluding hydrogens is 508 g/mol. The summed E-state index contributed by atoms with van der Waals surface area (Å²) in [7, 11) is 0. The molecular formula is C30H30N6O4. The zero-order valence-corrected chi connectivity index (χ0v) is 21.9. The number of aromatic nitrogens is 3. The lowest BCUT2D eigenvalue weighted by atomic mass is 10.0. The van der Waals surface area contributed by atoms with Crippen molar-refractivity contribution in [2.24, 2.45) is 5.73 Å². The van der Waals surface area contributed by atoms with Crippen molar-refractivity contribution in [1.82, 2.24) is 25.0 Å². The molecule has 10 nitrogen and oxygen atoms in total. The summed E-state index contributed by atoms with van der Waals surface area (Å²) < 4.78 is 6.97. The summed E-state index contributed by atoms with van der Waals surface area (Å²) >= 11 is 0. The second-order valence-corrected chi connectivity index (χ2v) is 9.55. The van der Waals surface area contributed by atoms with Gasteiger partial charge in [-0.25, -0.2) is 9.67 Å². The summed E-state index contributed by atoms with van der Waals surface area (Å²) in [5, 5.41) is 7.37. The molecule has 3 N–H and O–H groups in total. The lowest BCUT2D eigenvalue weighted by Gasteiger charge is -2.26. The van der Waals surface area contributed by atoms with Gasteiger partial charge in [-0.1, -0.05) is 48.5 Å². The molecule has 1 fully saturated rings. The van der Waals surface area contributed by atoms with Crippen LogP contribution in [0.4, 0.5) is 0 Å². The lowest BCUT2D eigenvalue weighted by Crippen LogP contribution is -2.47. The maximum absolute atomic E-state index is 13.4. The van der Waals surface area contributed by atoms with Gasteiger partial charge in [-0.3, -0.25) is 19.3 Å². The number of morpholine rings is 1. The van der Waals surface area contributed by atoms with E-state index in [4.69, 9.17) is 15.6 Å². The van der Waals surface area contributed by atoms with Crippen LogP contribution in [0, 0.1) is 0 Å². The van der Waals surface area contributed by atoms with Gasteiger partial charge in [0.2, 0.25) is 5.78 Å². The minimum atomic E-state index is -1.12. The number of nitrogens with two attached hydrogens (primary N) is 1. The Bertz CT molecular complexity index is 1500. The molecule has 204 valence electrons. The summed E-state index contributed by atoms with van der Waals surface area (Å²) in [5.74, 6) is -2.26. The number of primary amides is 1. The molecule has 0 radical (unpaired) electrons. The molecule has 3 heterocycles. The molecule has 10 heteroatoms. The molecule has 40 heavy (non-hydrogen) atoms. The first-order valence-electron chi connectivity index (χ1n) is 13.1. The third-order valence-electron chi connectivity index (χ3n) is 6.72. The monoisotopic (exact) mass is 538 g/mol. The fourth-order valence-electron chi connectivity index (χ4n) is 4.67. The molecule has 2 aromatic carbocycles. The molecule has 1 atom stereocenters. The van der Waals surface area contributed by atoms with Crippen molar-refractivity contribution < 1.29 is 19.1 Å². The number of carbonyl (C=O) groups excluding carboxylic acids is 3. The minimum absolute atomic E-state index is 0.122. The van der Waals surface area contributed by atoms with Crippen molar-refractivity contribution >= 4 is 17.6 Å². The number of hydrogen-bond donors (Lipinski definition) is 2. The van der Waals surface area contributed by atoms with E-state index < -0.39 is 23.6 Å². The average Bonchev–Trinajstić information content (AvgIpc) is 3.48. The van der Waals surface area contributed by atoms with Crippen LogP contribution in [-0.2, 0) is 27.3 Å². The highest BCUT2D eigenvalue weighted by Crippen LogP contribution is 2.22. The van der Waals surface area contributed by atoms with E-state index >= 15 is 0 Å². The van der Waals surface area contributed by atoms with Crippen LogP contribution in [0.15, 0.2) is 85.2 Å². The third-order valence-corrected chi connectivity index (χ3v) is 6.72. The topological polar surface area (TPSA) is 132 Å². The first kappa shape index (κ1) is 26.9. The van der Waals surface area contributed by atoms with Crippen molar-refractivity contribution in [3.63, 3.8) is 0 Å². The maximum atomic E-state index is 13.4. The van der Waals surface area contributed by atoms with Crippen LogP contribution in [-0.4, -0.2) is 69.6 Å². The van der Waals surface area contributed by atoms with E-state index in [1.807, 2.05) is 48.5 Å². The summed E-state index contributed by atoms with van der Waals surface area (Å²) in [4.78, 5) is 44.4. The van der Waals surface area contributed by atoms with E-state index in [2.05, 4.69) is 27.3 Å². The van der Waals surface area contributed by atoms with Gasteiger partial charge in [0.1, 0.15) is 6.04 Å². The summed E-state index contributed by atoms with van der Waals surface area (Å²) in [5.41, 5.74) is 9.10. The number of rotatable bonds is 10. The molecule has 1 saturated heterocycles. The van der Waals surface area contributed by atoms with Crippen molar-refractivity contribution in [2.45, 2.75) is 19.0 Å². The van der Waals surface area contributed by atoms with Crippen molar-refractivity contribution in [3.8, 4) is 17.1 Å². The van der Waals surface area contributed by atoms with Gasteiger partial charge in [0.15, 0.2) is 5.82 Å². The Labute approximate surface area is 231 Å². The fraction of sp³-hybridized carbons (Fsp3) is 0.233. The molecule has 0 spiro atoms. The highest BCUT2D eigenvalue weighted by molar-refractivity contribution is 6.38. The summed E-state index contributed by atoms with van der Waals surface area (Å²) in [6, 6.07) is 21.2. The van der Waals surface area contributed by atoms with Gasteiger partial charge in [-0.05, 0) is 35.4 Å². The van der Waals surface area contributed by atoms with Crippen LogP contribution in [0.1, 0.15) is 21.5 Å². The zero-order chi connectivity index (χ0) is 27.9. The highest BCUT2D eigenvalue weighted by atomic mass is 16.5. The number of amides is 2. The van der Waals surface area contributed by atoms with Crippen LogP contribution in [0.25, 0.3) is 17.1 Å². The Morgan fingerprint density at radius 3 is 2.50 bits per heavy atom. The van der Waals surface area contributed by atoms with Crippen LogP contribution in [0.5, 0.6) is 0 Å². The summed E-state index contributed by atoms with van der Waals surface area (Å²) in [6.45, 7) is 4.12. The van der Waals surface area contributed by atoms with Gasteiger partial charge >= 0.3 is 0 Å². The Balaban J connectivity index is 1.36. The first-order chi connectivity index (χ1) is 19.5. The molecule has 2 amide bonds. The third kappa shape index (κ3) is 6.48. The van der Waals surface area contributed by atoms with Crippen molar-refractivity contribution in [1.29, 1.82) is 0 Å². The predicted octanol–water partition coefficient (Wildman–Crippen LogP) is 2.16. The van der Waals surface area contributed by atoms with Crippen LogP contribution >= 0.6 is 0 Å². The van der Waals surface area contributed by atoms with Gasteiger partial charge in [0, 0.05) is 44.0 Å². The van der Waals surface area contributed by atoms with E-state index in [1.165, 1.54) is 10.2 Å². The number of benzene rings is 2. The first-order valence-corrected chi connectivity index (χ1v) is 13.1. The molecule has 1 unspecified atom stereocenters. The Hall–Kier alpha value is -4.67. The molecule has 0 aliphatic carbocycles. The summed E-state index contributed by atoms with van der Waals surface area (Å²) in [6.07, 6.45) is 3.42. The number of pyridine rings is 1. The number of nitrogens with zero attached hydrogens (tertiary/aromatic N) is 4. The van der Waals surface area contributed by atoms with Crippen LogP contribution in [0.2, 0.25) is 0 Å². The van der Waals surface area contributed by atoms with Gasteiger partial charge in [0.05, 0.1) is 24.5 Å². The van der Waals surface area contributed by atoms with Crippen molar-refractivity contribution in [2.75, 3.05) is 26.3 Å². The van der Waals surface area contributed by atoms with Gasteiger partial charge in [-0.2, -0.15) is 5.10 Å². The highest BCUT2D eigenvalue weighted by Gasteiger charge is 2.27. The Morgan fingerprint density at radius 1 is 0.950 bits per heavy atom. The Kier molecular flexibility index (Phi) is 8.38. The molecule has 1 aliphatic heterocycles. The molecule has 4 aromatic rings. The number of ketones is 1. The second kappa shape index (κ2) is 12.5. The largest absolute Gasteiger partial charge is 0.379 e. The lowest BCUT2D eigenvalue weighted by molar-refractivity contribution is -0.137. The second-order valence-electron chi connectivity index (χ2n) is 9.55. The van der Waals surface area contributed by atoms with Crippen LogP contribution in [0.3, 0.4) is 0 Å². The number of carbonyl (C=O) groups is 3.